The predicted molar refractivity (Wildman–Crippen MR) is 76.5 cm³/mol. The number of nitrogens with zero attached hydrogens (tertiary/aromatic N) is 1. The summed E-state index contributed by atoms with van der Waals surface area (Å²) >= 11 is 0. The van der Waals surface area contributed by atoms with Crippen LogP contribution >= 0.6 is 0 Å². The number of carbonyl (C=O) groups is 1. The van der Waals surface area contributed by atoms with E-state index in [0.29, 0.717) is 24.8 Å². The van der Waals surface area contributed by atoms with E-state index in [1.165, 1.54) is 6.08 Å². The highest BCUT2D eigenvalue weighted by molar-refractivity contribution is 5.83. The van der Waals surface area contributed by atoms with Crippen molar-refractivity contribution in [1.82, 2.24) is 0 Å². The van der Waals surface area contributed by atoms with Gasteiger partial charge in [-0.1, -0.05) is 19.8 Å². The monoisotopic (exact) mass is 297 g/mol. The lowest BCUT2D eigenvalue weighted by molar-refractivity contribution is -0.568. The Kier molecular flexibility index (Phi) is 4.98. The molecule has 0 aromatic rings. The SMILES string of the molecule is CCCC1O[C@@H]2CCCC[C@]2([N+](=O)[O-])/C1=C\C(=O)OCC. The van der Waals surface area contributed by atoms with Gasteiger partial charge < -0.3 is 9.47 Å². The first kappa shape index (κ1) is 15.9. The number of esters is 1. The Hall–Kier alpha value is -1.43. The van der Waals surface area contributed by atoms with E-state index < -0.39 is 17.6 Å². The van der Waals surface area contributed by atoms with E-state index in [1.54, 1.807) is 6.92 Å². The normalized spacial score (nSPS) is 33.7. The lowest BCUT2D eigenvalue weighted by Gasteiger charge is -2.30. The summed E-state index contributed by atoms with van der Waals surface area (Å²) in [4.78, 5) is 23.4. The molecule has 1 unspecified atom stereocenters. The summed E-state index contributed by atoms with van der Waals surface area (Å²) in [5, 5.41) is 11.8. The molecule has 0 radical (unpaired) electrons. The third-order valence-corrected chi connectivity index (χ3v) is 4.42. The first-order chi connectivity index (χ1) is 10.1. The van der Waals surface area contributed by atoms with Gasteiger partial charge in [0.1, 0.15) is 6.10 Å². The van der Waals surface area contributed by atoms with Crippen LogP contribution in [0, 0.1) is 10.1 Å². The molecule has 0 spiro atoms. The molecule has 6 heteroatoms. The zero-order valence-corrected chi connectivity index (χ0v) is 12.7. The van der Waals surface area contributed by atoms with Crippen molar-refractivity contribution in [2.45, 2.75) is 70.1 Å². The summed E-state index contributed by atoms with van der Waals surface area (Å²) in [7, 11) is 0. The van der Waals surface area contributed by atoms with Crippen molar-refractivity contribution < 1.29 is 19.2 Å². The first-order valence-corrected chi connectivity index (χ1v) is 7.75. The Morgan fingerprint density at radius 3 is 2.90 bits per heavy atom. The van der Waals surface area contributed by atoms with Crippen LogP contribution in [0.4, 0.5) is 0 Å². The fraction of sp³-hybridized carbons (Fsp3) is 0.800. The molecule has 2 fully saturated rings. The summed E-state index contributed by atoms with van der Waals surface area (Å²) in [5.41, 5.74) is -0.720. The van der Waals surface area contributed by atoms with Crippen LogP contribution in [0.25, 0.3) is 0 Å². The van der Waals surface area contributed by atoms with Crippen LogP contribution < -0.4 is 0 Å². The van der Waals surface area contributed by atoms with Gasteiger partial charge in [0, 0.05) is 23.0 Å². The molecular weight excluding hydrogens is 274 g/mol. The Labute approximate surface area is 124 Å². The molecule has 3 atom stereocenters. The fourth-order valence-corrected chi connectivity index (χ4v) is 3.51. The van der Waals surface area contributed by atoms with Gasteiger partial charge in [-0.15, -0.1) is 0 Å². The molecule has 1 aliphatic carbocycles. The van der Waals surface area contributed by atoms with Crippen LogP contribution in [0.3, 0.4) is 0 Å². The topological polar surface area (TPSA) is 78.7 Å². The van der Waals surface area contributed by atoms with Crippen LogP contribution in [0.5, 0.6) is 0 Å². The number of ether oxygens (including phenoxy) is 2. The van der Waals surface area contributed by atoms with Crippen molar-refractivity contribution in [3.8, 4) is 0 Å². The maximum Gasteiger partial charge on any atom is 0.331 e. The predicted octanol–water partition coefficient (Wildman–Crippen LogP) is 2.63. The quantitative estimate of drug-likeness (QED) is 0.337. The molecule has 1 saturated heterocycles. The minimum absolute atomic E-state index is 0.239. The molecule has 0 amide bonds. The first-order valence-electron chi connectivity index (χ1n) is 7.75. The molecular formula is C15H23NO5. The number of hydrogen-bond donors (Lipinski definition) is 0. The minimum Gasteiger partial charge on any atom is -0.463 e. The molecule has 118 valence electrons. The van der Waals surface area contributed by atoms with E-state index in [1.807, 2.05) is 6.92 Å². The smallest absolute Gasteiger partial charge is 0.331 e. The number of nitro groups is 1. The number of rotatable bonds is 5. The molecule has 2 aliphatic rings. The largest absolute Gasteiger partial charge is 0.463 e. The summed E-state index contributed by atoms with van der Waals surface area (Å²) in [6.07, 6.45) is 4.95. The average Bonchev–Trinajstić information content (AvgIpc) is 2.75. The summed E-state index contributed by atoms with van der Waals surface area (Å²) < 4.78 is 10.9. The molecule has 0 N–H and O–H groups in total. The maximum absolute atomic E-state index is 11.8. The van der Waals surface area contributed by atoms with Gasteiger partial charge in [-0.05, 0) is 26.2 Å². The van der Waals surface area contributed by atoms with Gasteiger partial charge in [0.25, 0.3) is 5.54 Å². The Balaban J connectivity index is 2.41. The molecule has 2 rings (SSSR count). The zero-order chi connectivity index (χ0) is 15.5. The molecule has 1 heterocycles. The van der Waals surface area contributed by atoms with E-state index in [0.717, 1.165) is 19.3 Å². The second-order valence-corrected chi connectivity index (χ2v) is 5.68. The summed E-state index contributed by atoms with van der Waals surface area (Å²) in [6, 6.07) is 0. The van der Waals surface area contributed by atoms with Gasteiger partial charge in [0.2, 0.25) is 0 Å². The van der Waals surface area contributed by atoms with E-state index in [9.17, 15) is 14.9 Å². The van der Waals surface area contributed by atoms with Crippen LogP contribution in [-0.4, -0.2) is 35.2 Å². The number of hydrogen-bond acceptors (Lipinski definition) is 5. The van der Waals surface area contributed by atoms with Crippen molar-refractivity contribution in [1.29, 1.82) is 0 Å². The highest BCUT2D eigenvalue weighted by Crippen LogP contribution is 2.47. The third kappa shape index (κ3) is 2.81. The maximum atomic E-state index is 11.8. The number of carbonyl (C=O) groups excluding carboxylic acids is 1. The summed E-state index contributed by atoms with van der Waals surface area (Å²) in [5.74, 6) is -0.510. The molecule has 1 saturated carbocycles. The van der Waals surface area contributed by atoms with Crippen molar-refractivity contribution in [2.75, 3.05) is 6.61 Å². The number of fused-ring (bicyclic) bond motifs is 1. The van der Waals surface area contributed by atoms with Gasteiger partial charge in [0.15, 0.2) is 0 Å². The van der Waals surface area contributed by atoms with Gasteiger partial charge >= 0.3 is 5.97 Å². The Bertz CT molecular complexity index is 447. The van der Waals surface area contributed by atoms with Gasteiger partial charge in [0.05, 0.1) is 12.7 Å². The molecule has 0 aromatic heterocycles. The lowest BCUT2D eigenvalue weighted by atomic mass is 9.74. The van der Waals surface area contributed by atoms with E-state index in [4.69, 9.17) is 9.47 Å². The van der Waals surface area contributed by atoms with Crippen molar-refractivity contribution >= 4 is 5.97 Å². The minimum atomic E-state index is -1.23. The fourth-order valence-electron chi connectivity index (χ4n) is 3.51. The summed E-state index contributed by atoms with van der Waals surface area (Å²) in [6.45, 7) is 3.99. The van der Waals surface area contributed by atoms with Crippen LogP contribution in [0.1, 0.15) is 52.4 Å². The zero-order valence-electron chi connectivity index (χ0n) is 12.7. The van der Waals surface area contributed by atoms with Crippen molar-refractivity contribution in [3.05, 3.63) is 21.8 Å². The lowest BCUT2D eigenvalue weighted by Crippen LogP contribution is -2.49. The standard InChI is InChI=1S/C15H23NO5/c1-3-7-12-11(10-14(17)20-4-2)15(16(18)19)9-6-5-8-13(15)21-12/h10,12-13H,3-9H2,1-2H3/b11-10-/t12?,13-,15+/m1/s1. The Morgan fingerprint density at radius 1 is 1.52 bits per heavy atom. The van der Waals surface area contributed by atoms with E-state index in [2.05, 4.69) is 0 Å². The van der Waals surface area contributed by atoms with Gasteiger partial charge in [-0.3, -0.25) is 10.1 Å². The molecule has 1 aliphatic heterocycles. The van der Waals surface area contributed by atoms with Crippen LogP contribution in [0.2, 0.25) is 0 Å². The van der Waals surface area contributed by atoms with Gasteiger partial charge in [-0.2, -0.15) is 0 Å². The molecule has 0 bridgehead atoms. The van der Waals surface area contributed by atoms with E-state index in [-0.39, 0.29) is 17.6 Å². The van der Waals surface area contributed by atoms with Gasteiger partial charge in [-0.25, -0.2) is 4.79 Å². The molecule has 6 nitrogen and oxygen atoms in total. The van der Waals surface area contributed by atoms with Crippen molar-refractivity contribution in [3.63, 3.8) is 0 Å². The van der Waals surface area contributed by atoms with Crippen LogP contribution in [-0.2, 0) is 14.3 Å². The van der Waals surface area contributed by atoms with E-state index >= 15 is 0 Å². The second kappa shape index (κ2) is 6.56. The third-order valence-electron chi connectivity index (χ3n) is 4.42. The van der Waals surface area contributed by atoms with Crippen LogP contribution in [0.15, 0.2) is 11.6 Å². The Morgan fingerprint density at radius 2 is 2.29 bits per heavy atom. The molecule has 0 aromatic carbocycles. The van der Waals surface area contributed by atoms with Crippen molar-refractivity contribution in [2.24, 2.45) is 0 Å². The highest BCUT2D eigenvalue weighted by atomic mass is 16.6. The highest BCUT2D eigenvalue weighted by Gasteiger charge is 2.62. The average molecular weight is 297 g/mol. The molecule has 21 heavy (non-hydrogen) atoms. The second-order valence-electron chi connectivity index (χ2n) is 5.68.